The minimum atomic E-state index is -0.484. The lowest BCUT2D eigenvalue weighted by molar-refractivity contribution is 0.0593. The highest BCUT2D eigenvalue weighted by Gasteiger charge is 2.15. The molecule has 0 saturated carbocycles. The van der Waals surface area contributed by atoms with Crippen molar-refractivity contribution in [1.82, 2.24) is 14.2 Å². The Morgan fingerprint density at radius 3 is 2.89 bits per heavy atom. The number of hydrogen-bond acceptors (Lipinski definition) is 5. The van der Waals surface area contributed by atoms with Gasteiger partial charge in [-0.05, 0) is 0 Å². The molecular formula is C11H15N3O4. The number of aromatic nitrogens is 3. The summed E-state index contributed by atoms with van der Waals surface area (Å²) >= 11 is 0. The molecule has 2 aromatic rings. The van der Waals surface area contributed by atoms with Gasteiger partial charge < -0.3 is 19.1 Å². The fraction of sp³-hybridized carbons (Fsp3) is 0.455. The Bertz CT molecular complexity index is 558. The number of aliphatic hydroxyl groups is 1. The van der Waals surface area contributed by atoms with E-state index in [1.54, 1.807) is 23.9 Å². The minimum Gasteiger partial charge on any atom is -0.464 e. The van der Waals surface area contributed by atoms with Crippen molar-refractivity contribution >= 4 is 11.6 Å². The van der Waals surface area contributed by atoms with Crippen LogP contribution in [0.4, 0.5) is 0 Å². The van der Waals surface area contributed by atoms with Gasteiger partial charge in [0.15, 0.2) is 5.69 Å². The molecule has 98 valence electrons. The number of methoxy groups -OCH3 is 2. The first-order valence-electron chi connectivity index (χ1n) is 5.47. The number of imidazole rings is 1. The zero-order chi connectivity index (χ0) is 13.1. The van der Waals surface area contributed by atoms with Crippen LogP contribution in [0, 0.1) is 0 Å². The molecule has 2 heterocycles. The molecule has 0 saturated heterocycles. The third kappa shape index (κ3) is 2.09. The number of esters is 1. The van der Waals surface area contributed by atoms with Gasteiger partial charge >= 0.3 is 5.97 Å². The van der Waals surface area contributed by atoms with Crippen LogP contribution in [0.1, 0.15) is 16.2 Å². The van der Waals surface area contributed by atoms with Crippen molar-refractivity contribution in [1.29, 1.82) is 0 Å². The molecule has 1 N–H and O–H groups in total. The van der Waals surface area contributed by atoms with E-state index in [-0.39, 0.29) is 12.3 Å². The summed E-state index contributed by atoms with van der Waals surface area (Å²) in [5, 5.41) is 13.4. The number of carbonyl (C=O) groups is 1. The Kier molecular flexibility index (Phi) is 3.63. The summed E-state index contributed by atoms with van der Waals surface area (Å²) in [5.74, 6) is -0.484. The first-order valence-corrected chi connectivity index (χ1v) is 5.47. The minimum absolute atomic E-state index is 0.0966. The number of aliphatic hydroxyl groups excluding tert-OH is 1. The normalized spacial score (nSPS) is 11.1. The summed E-state index contributed by atoms with van der Waals surface area (Å²) in [6, 6.07) is 1.63. The van der Waals surface area contributed by atoms with Crippen LogP contribution < -0.4 is 0 Å². The van der Waals surface area contributed by atoms with Crippen molar-refractivity contribution in [3.05, 3.63) is 23.7 Å². The van der Waals surface area contributed by atoms with Crippen LogP contribution in [0.2, 0.25) is 0 Å². The van der Waals surface area contributed by atoms with Crippen molar-refractivity contribution in [2.75, 3.05) is 20.8 Å². The second-order valence-electron chi connectivity index (χ2n) is 3.75. The third-order valence-electron chi connectivity index (χ3n) is 2.69. The molecule has 0 aliphatic carbocycles. The smallest absolute Gasteiger partial charge is 0.358 e. The Labute approximate surface area is 104 Å². The highest BCUT2D eigenvalue weighted by molar-refractivity contribution is 5.88. The summed E-state index contributed by atoms with van der Waals surface area (Å²) in [6.07, 6.45) is 1.68. The lowest BCUT2D eigenvalue weighted by atomic mass is 10.4. The molecule has 0 fully saturated rings. The fourth-order valence-corrected chi connectivity index (χ4v) is 1.81. The van der Waals surface area contributed by atoms with Crippen LogP contribution in [-0.2, 0) is 22.6 Å². The lowest BCUT2D eigenvalue weighted by Crippen LogP contribution is -2.07. The maximum absolute atomic E-state index is 11.4. The van der Waals surface area contributed by atoms with Crippen molar-refractivity contribution in [2.45, 2.75) is 13.2 Å². The number of nitrogens with zero attached hydrogens (tertiary/aromatic N) is 3. The molecule has 2 aromatic heterocycles. The maximum atomic E-state index is 11.4. The predicted octanol–water partition coefficient (Wildman–Crippen LogP) is 0.0611. The van der Waals surface area contributed by atoms with Crippen LogP contribution in [0.15, 0.2) is 12.3 Å². The zero-order valence-electron chi connectivity index (χ0n) is 10.3. The molecule has 0 aliphatic rings. The van der Waals surface area contributed by atoms with Gasteiger partial charge in [-0.25, -0.2) is 9.31 Å². The van der Waals surface area contributed by atoms with Crippen LogP contribution in [0.25, 0.3) is 5.65 Å². The van der Waals surface area contributed by atoms with Crippen molar-refractivity contribution in [3.63, 3.8) is 0 Å². The summed E-state index contributed by atoms with van der Waals surface area (Å²) in [4.78, 5) is 11.4. The average Bonchev–Trinajstić information content (AvgIpc) is 2.92. The van der Waals surface area contributed by atoms with Gasteiger partial charge in [-0.2, -0.15) is 5.10 Å². The third-order valence-corrected chi connectivity index (χ3v) is 2.69. The predicted molar refractivity (Wildman–Crippen MR) is 62.3 cm³/mol. The molecule has 0 atom stereocenters. The van der Waals surface area contributed by atoms with Crippen LogP contribution in [0.3, 0.4) is 0 Å². The van der Waals surface area contributed by atoms with E-state index in [4.69, 9.17) is 4.74 Å². The molecule has 0 radical (unpaired) electrons. The van der Waals surface area contributed by atoms with E-state index < -0.39 is 5.97 Å². The number of hydrogen-bond donors (Lipinski definition) is 1. The van der Waals surface area contributed by atoms with E-state index in [9.17, 15) is 9.90 Å². The number of carbonyl (C=O) groups excluding carboxylic acids is 1. The van der Waals surface area contributed by atoms with Crippen LogP contribution in [0.5, 0.6) is 0 Å². The first-order chi connectivity index (χ1) is 8.71. The van der Waals surface area contributed by atoms with Crippen molar-refractivity contribution in [3.8, 4) is 0 Å². The monoisotopic (exact) mass is 253 g/mol. The molecular weight excluding hydrogens is 238 g/mol. The molecule has 0 aliphatic heterocycles. The summed E-state index contributed by atoms with van der Waals surface area (Å²) in [7, 11) is 2.92. The number of rotatable bonds is 5. The van der Waals surface area contributed by atoms with E-state index in [0.29, 0.717) is 18.8 Å². The quantitative estimate of drug-likeness (QED) is 0.762. The van der Waals surface area contributed by atoms with Gasteiger partial charge in [-0.3, -0.25) is 0 Å². The molecule has 2 rings (SSSR count). The SMILES string of the molecule is COCCn1c(CO)cn2nc(C(=O)OC)cc12. The molecule has 7 nitrogen and oxygen atoms in total. The van der Waals surface area contributed by atoms with Gasteiger partial charge in [-0.15, -0.1) is 0 Å². The Balaban J connectivity index is 2.43. The van der Waals surface area contributed by atoms with Gasteiger partial charge in [0.2, 0.25) is 0 Å². The largest absolute Gasteiger partial charge is 0.464 e. The first kappa shape index (κ1) is 12.6. The molecule has 0 spiro atoms. The topological polar surface area (TPSA) is 78.0 Å². The second-order valence-corrected chi connectivity index (χ2v) is 3.75. The van der Waals surface area contributed by atoms with Gasteiger partial charge in [0.25, 0.3) is 0 Å². The number of ether oxygens (including phenoxy) is 2. The Morgan fingerprint density at radius 1 is 1.50 bits per heavy atom. The van der Waals surface area contributed by atoms with Crippen LogP contribution in [-0.4, -0.2) is 46.1 Å². The zero-order valence-corrected chi connectivity index (χ0v) is 10.3. The summed E-state index contributed by atoms with van der Waals surface area (Å²) in [5.41, 5.74) is 1.67. The second kappa shape index (κ2) is 5.19. The Morgan fingerprint density at radius 2 is 2.28 bits per heavy atom. The van der Waals surface area contributed by atoms with Gasteiger partial charge in [0.1, 0.15) is 5.65 Å². The van der Waals surface area contributed by atoms with E-state index >= 15 is 0 Å². The molecule has 7 heteroatoms. The molecule has 0 aromatic carbocycles. The molecule has 0 bridgehead atoms. The molecule has 18 heavy (non-hydrogen) atoms. The average molecular weight is 253 g/mol. The van der Waals surface area contributed by atoms with Crippen LogP contribution >= 0.6 is 0 Å². The fourth-order valence-electron chi connectivity index (χ4n) is 1.81. The van der Waals surface area contributed by atoms with E-state index in [0.717, 1.165) is 5.65 Å². The van der Waals surface area contributed by atoms with E-state index in [2.05, 4.69) is 9.84 Å². The van der Waals surface area contributed by atoms with E-state index in [1.807, 2.05) is 4.57 Å². The Hall–Kier alpha value is -1.86. The van der Waals surface area contributed by atoms with Gasteiger partial charge in [-0.1, -0.05) is 0 Å². The highest BCUT2D eigenvalue weighted by Crippen LogP contribution is 2.13. The molecule has 0 amide bonds. The van der Waals surface area contributed by atoms with Crippen molar-refractivity contribution < 1.29 is 19.4 Å². The highest BCUT2D eigenvalue weighted by atomic mass is 16.5. The standard InChI is InChI=1S/C11H15N3O4/c1-17-4-3-13-8(7-15)6-14-10(13)5-9(12-14)11(16)18-2/h5-6,15H,3-4,7H2,1-2H3. The van der Waals surface area contributed by atoms with Gasteiger partial charge in [0.05, 0.1) is 32.2 Å². The van der Waals surface area contributed by atoms with Gasteiger partial charge in [0, 0.05) is 19.7 Å². The lowest BCUT2D eigenvalue weighted by Gasteiger charge is -2.05. The summed E-state index contributed by atoms with van der Waals surface area (Å²) < 4.78 is 13.0. The summed E-state index contributed by atoms with van der Waals surface area (Å²) in [6.45, 7) is 0.992. The molecule has 0 unspecified atom stereocenters. The number of fused-ring (bicyclic) bond motifs is 1. The van der Waals surface area contributed by atoms with E-state index in [1.165, 1.54) is 7.11 Å². The maximum Gasteiger partial charge on any atom is 0.358 e. The van der Waals surface area contributed by atoms with Crippen molar-refractivity contribution in [2.24, 2.45) is 0 Å².